The van der Waals surface area contributed by atoms with Gasteiger partial charge in [-0.05, 0) is 0 Å². The Balaban J connectivity index is -0.000000379. The predicted molar refractivity (Wildman–Crippen MR) is 120 cm³/mol. The number of carbonyl (C=O) groups is 6. The standard InChI is InChI=1S/3C4H6O4.2C3H5N3/c3*5-3(6)1-2-4(7)8;2*4-3-5-1-2-6-3/h3*1-2H2,(H,5,6)(H,7,8);2*1-2H,(H3,4,5,6). The number of aromatic nitrogens is 4. The van der Waals surface area contributed by atoms with E-state index in [-0.39, 0.29) is 38.5 Å². The van der Waals surface area contributed by atoms with E-state index in [1.807, 2.05) is 0 Å². The molecule has 202 valence electrons. The number of H-pyrrole nitrogens is 2. The van der Waals surface area contributed by atoms with Crippen molar-refractivity contribution in [3.8, 4) is 0 Å². The molecule has 12 N–H and O–H groups in total. The van der Waals surface area contributed by atoms with Gasteiger partial charge >= 0.3 is 35.8 Å². The molecule has 18 nitrogen and oxygen atoms in total. The Morgan fingerprint density at radius 3 is 0.778 bits per heavy atom. The minimum Gasteiger partial charge on any atom is -0.481 e. The van der Waals surface area contributed by atoms with Gasteiger partial charge in [-0.15, -0.1) is 0 Å². The molecule has 0 bridgehead atoms. The monoisotopic (exact) mass is 520 g/mol. The zero-order chi connectivity index (χ0) is 28.5. The van der Waals surface area contributed by atoms with Crippen LogP contribution in [0.2, 0.25) is 0 Å². The van der Waals surface area contributed by atoms with Gasteiger partial charge in [0.2, 0.25) is 0 Å². The van der Waals surface area contributed by atoms with Gasteiger partial charge in [-0.2, -0.15) is 0 Å². The lowest BCUT2D eigenvalue weighted by Gasteiger charge is -1.85. The van der Waals surface area contributed by atoms with Gasteiger partial charge in [0.05, 0.1) is 38.5 Å². The van der Waals surface area contributed by atoms with Crippen LogP contribution in [0.4, 0.5) is 11.9 Å². The van der Waals surface area contributed by atoms with Crippen LogP contribution in [0.5, 0.6) is 0 Å². The fraction of sp³-hybridized carbons (Fsp3) is 0.333. The van der Waals surface area contributed by atoms with E-state index >= 15 is 0 Å². The van der Waals surface area contributed by atoms with E-state index in [0.717, 1.165) is 0 Å². The number of nitrogen functional groups attached to an aromatic ring is 2. The predicted octanol–water partition coefficient (Wildman–Crippen LogP) is -0.209. The van der Waals surface area contributed by atoms with Gasteiger partial charge in [-0.25, -0.2) is 9.97 Å². The number of carboxylic acids is 6. The van der Waals surface area contributed by atoms with Crippen LogP contribution in [0.25, 0.3) is 0 Å². The summed E-state index contributed by atoms with van der Waals surface area (Å²) in [7, 11) is 0. The molecular weight excluding hydrogens is 492 g/mol. The first kappa shape index (κ1) is 35.4. The highest BCUT2D eigenvalue weighted by molar-refractivity contribution is 5.76. The number of nitrogens with two attached hydrogens (primary N) is 2. The summed E-state index contributed by atoms with van der Waals surface area (Å²) in [5.41, 5.74) is 10.2. The summed E-state index contributed by atoms with van der Waals surface area (Å²) >= 11 is 0. The minimum atomic E-state index is -1.08. The summed E-state index contributed by atoms with van der Waals surface area (Å²) in [5.74, 6) is -5.52. The van der Waals surface area contributed by atoms with Gasteiger partial charge in [0.1, 0.15) is 0 Å². The molecule has 2 rings (SSSR count). The van der Waals surface area contributed by atoms with Crippen LogP contribution in [0, 0.1) is 0 Å². The molecule has 2 aromatic rings. The molecule has 18 heteroatoms. The lowest BCUT2D eigenvalue weighted by Crippen LogP contribution is -2.00. The molecule has 0 unspecified atom stereocenters. The number of aromatic amines is 2. The Morgan fingerprint density at radius 2 is 0.722 bits per heavy atom. The van der Waals surface area contributed by atoms with Crippen molar-refractivity contribution < 1.29 is 59.4 Å². The number of hydrogen-bond donors (Lipinski definition) is 10. The molecule has 2 aromatic heterocycles. The Morgan fingerprint density at radius 1 is 0.528 bits per heavy atom. The zero-order valence-electron chi connectivity index (χ0n) is 18.7. The molecule has 0 fully saturated rings. The lowest BCUT2D eigenvalue weighted by atomic mass is 10.3. The maximum Gasteiger partial charge on any atom is 0.303 e. The molecule has 0 amide bonds. The van der Waals surface area contributed by atoms with E-state index in [1.54, 1.807) is 24.8 Å². The maximum absolute atomic E-state index is 9.64. The van der Waals surface area contributed by atoms with E-state index < -0.39 is 35.8 Å². The number of carboxylic acid groups (broad SMARTS) is 6. The van der Waals surface area contributed by atoms with Crippen molar-refractivity contribution in [1.82, 2.24) is 19.9 Å². The van der Waals surface area contributed by atoms with Crippen molar-refractivity contribution in [1.29, 1.82) is 0 Å². The van der Waals surface area contributed by atoms with Gasteiger partial charge in [0.15, 0.2) is 11.9 Å². The average Bonchev–Trinajstić information content (AvgIpc) is 3.44. The SMILES string of the molecule is Nc1ncc[nH]1.Nc1ncc[nH]1.O=C(O)CCC(=O)O.O=C(O)CCC(=O)O.O=C(O)CCC(=O)O. The summed E-state index contributed by atoms with van der Waals surface area (Å²) in [4.78, 5) is 70.5. The second-order valence-electron chi connectivity index (χ2n) is 5.81. The summed E-state index contributed by atoms with van der Waals surface area (Å²) in [5, 5.41) is 47.4. The van der Waals surface area contributed by atoms with E-state index in [0.29, 0.717) is 11.9 Å². The van der Waals surface area contributed by atoms with Crippen molar-refractivity contribution in [3.05, 3.63) is 24.8 Å². The van der Waals surface area contributed by atoms with Crippen LogP contribution < -0.4 is 11.5 Å². The van der Waals surface area contributed by atoms with Crippen LogP contribution in [0.1, 0.15) is 38.5 Å². The summed E-state index contributed by atoms with van der Waals surface area (Å²) in [6.07, 6.45) is 4.79. The molecule has 0 radical (unpaired) electrons. The number of hydrogen-bond acceptors (Lipinski definition) is 10. The van der Waals surface area contributed by atoms with Gasteiger partial charge in [-0.3, -0.25) is 28.8 Å². The number of imidazole rings is 2. The van der Waals surface area contributed by atoms with Crippen molar-refractivity contribution >= 4 is 47.7 Å². The molecular formula is C18H28N6O12. The third kappa shape index (κ3) is 39.3. The number of aliphatic carboxylic acids is 6. The van der Waals surface area contributed by atoms with Crippen LogP contribution >= 0.6 is 0 Å². The minimum absolute atomic E-state index is 0.296. The summed E-state index contributed by atoms with van der Waals surface area (Å²) in [6, 6.07) is 0. The van der Waals surface area contributed by atoms with Gasteiger partial charge in [0, 0.05) is 24.8 Å². The van der Waals surface area contributed by atoms with Crippen LogP contribution in [-0.2, 0) is 28.8 Å². The largest absolute Gasteiger partial charge is 0.481 e. The van der Waals surface area contributed by atoms with E-state index in [1.165, 1.54) is 0 Å². The summed E-state index contributed by atoms with van der Waals surface area (Å²) < 4.78 is 0. The van der Waals surface area contributed by atoms with Crippen molar-refractivity contribution in [2.45, 2.75) is 38.5 Å². The molecule has 0 saturated carbocycles. The summed E-state index contributed by atoms with van der Waals surface area (Å²) in [6.45, 7) is 0. The van der Waals surface area contributed by atoms with Gasteiger partial charge in [-0.1, -0.05) is 0 Å². The highest BCUT2D eigenvalue weighted by atomic mass is 16.4. The number of rotatable bonds is 9. The molecule has 0 aromatic carbocycles. The maximum atomic E-state index is 9.64. The van der Waals surface area contributed by atoms with Crippen LogP contribution in [0.15, 0.2) is 24.8 Å². The lowest BCUT2D eigenvalue weighted by molar-refractivity contribution is -0.143. The molecule has 0 aliphatic carbocycles. The van der Waals surface area contributed by atoms with E-state index in [4.69, 9.17) is 42.1 Å². The Labute approximate surface area is 202 Å². The Bertz CT molecular complexity index is 759. The molecule has 0 saturated heterocycles. The fourth-order valence-electron chi connectivity index (χ4n) is 1.20. The molecule has 0 spiro atoms. The first-order valence-corrected chi connectivity index (χ1v) is 9.47. The smallest absolute Gasteiger partial charge is 0.303 e. The average molecular weight is 520 g/mol. The first-order chi connectivity index (χ1) is 16.7. The first-order valence-electron chi connectivity index (χ1n) is 9.47. The second kappa shape index (κ2) is 23.0. The Hall–Kier alpha value is -5.16. The highest BCUT2D eigenvalue weighted by Gasteiger charge is 2.01. The third-order valence-electron chi connectivity index (χ3n) is 2.70. The van der Waals surface area contributed by atoms with Gasteiger partial charge in [0.25, 0.3) is 0 Å². The highest BCUT2D eigenvalue weighted by Crippen LogP contribution is 1.87. The number of anilines is 2. The van der Waals surface area contributed by atoms with E-state index in [2.05, 4.69) is 19.9 Å². The van der Waals surface area contributed by atoms with Gasteiger partial charge < -0.3 is 52.1 Å². The fourth-order valence-corrected chi connectivity index (χ4v) is 1.20. The molecule has 0 aliphatic rings. The molecule has 2 heterocycles. The van der Waals surface area contributed by atoms with Crippen LogP contribution in [0.3, 0.4) is 0 Å². The number of nitrogens with zero attached hydrogens (tertiary/aromatic N) is 2. The topological polar surface area (TPSA) is 333 Å². The second-order valence-corrected chi connectivity index (χ2v) is 5.81. The molecule has 36 heavy (non-hydrogen) atoms. The van der Waals surface area contributed by atoms with Crippen molar-refractivity contribution in [3.63, 3.8) is 0 Å². The molecule has 0 atom stereocenters. The zero-order valence-corrected chi connectivity index (χ0v) is 18.7. The third-order valence-corrected chi connectivity index (χ3v) is 2.70. The molecule has 0 aliphatic heterocycles. The van der Waals surface area contributed by atoms with E-state index in [9.17, 15) is 28.8 Å². The van der Waals surface area contributed by atoms with Crippen molar-refractivity contribution in [2.75, 3.05) is 11.5 Å². The normalized spacial score (nSPS) is 8.56. The Kier molecular flexibility index (Phi) is 22.6. The van der Waals surface area contributed by atoms with Crippen molar-refractivity contribution in [2.24, 2.45) is 0 Å². The van der Waals surface area contributed by atoms with Crippen LogP contribution in [-0.4, -0.2) is 86.4 Å². The quantitative estimate of drug-likeness (QED) is 0.204. The number of nitrogens with one attached hydrogen (secondary N) is 2.